The van der Waals surface area contributed by atoms with E-state index in [0.717, 1.165) is 67.0 Å². The molecular weight excluding hydrogens is 415 g/mol. The summed E-state index contributed by atoms with van der Waals surface area (Å²) in [7, 11) is 12.5. The van der Waals surface area contributed by atoms with E-state index in [1.165, 1.54) is 0 Å². The Morgan fingerprint density at radius 1 is 0.552 bits per heavy atom. The molecule has 0 N–H and O–H groups in total. The fraction of sp³-hybridized carbons (Fsp3) is 0.905. The van der Waals surface area contributed by atoms with Crippen molar-refractivity contribution >= 4 is 11.9 Å². The lowest BCUT2D eigenvalue weighted by Gasteiger charge is -2.23. The zero-order chi connectivity index (χ0) is 20.8. The molecule has 0 aliphatic rings. The third-order valence-corrected chi connectivity index (χ3v) is 4.31. The van der Waals surface area contributed by atoms with Crippen molar-refractivity contribution in [2.24, 2.45) is 0 Å². The van der Waals surface area contributed by atoms with Gasteiger partial charge in [0, 0.05) is 12.8 Å². The monoisotopic (exact) mass is 458 g/mol. The van der Waals surface area contributed by atoms with Gasteiger partial charge in [0.25, 0.3) is 0 Å². The number of carbonyl (C=O) groups excluding carboxylic acids is 2. The summed E-state index contributed by atoms with van der Waals surface area (Å²) in [6.07, 6.45) is 8.43. The van der Waals surface area contributed by atoms with E-state index >= 15 is 0 Å². The SMILES string of the molecule is C[N+](C)(C)CCOC(=O)CCCCCCCCCC(=O)OCC[N+](C)(C)C.[Cl-].[Cl-]. The fourth-order valence-corrected chi connectivity index (χ4v) is 2.43. The predicted octanol–water partition coefficient (Wildman–Crippen LogP) is -3.00. The van der Waals surface area contributed by atoms with Crippen molar-refractivity contribution in [2.75, 3.05) is 68.6 Å². The summed E-state index contributed by atoms with van der Waals surface area (Å²) in [6, 6.07) is 0. The predicted molar refractivity (Wildman–Crippen MR) is 109 cm³/mol. The molecule has 0 radical (unpaired) electrons. The van der Waals surface area contributed by atoms with Gasteiger partial charge in [-0.05, 0) is 12.8 Å². The highest BCUT2D eigenvalue weighted by atomic mass is 35.5. The lowest BCUT2D eigenvalue weighted by Crippen LogP contribution is -3.00. The van der Waals surface area contributed by atoms with Gasteiger partial charge in [-0.2, -0.15) is 0 Å². The van der Waals surface area contributed by atoms with Crippen molar-refractivity contribution in [2.45, 2.75) is 57.8 Å². The second kappa shape index (κ2) is 18.2. The van der Waals surface area contributed by atoms with Gasteiger partial charge in [-0.15, -0.1) is 0 Å². The van der Waals surface area contributed by atoms with Gasteiger partial charge in [0.2, 0.25) is 0 Å². The van der Waals surface area contributed by atoms with Crippen LogP contribution in [0, 0.1) is 0 Å². The topological polar surface area (TPSA) is 52.6 Å². The van der Waals surface area contributed by atoms with Crippen LogP contribution in [0.1, 0.15) is 57.8 Å². The number of nitrogens with zero attached hydrogens (tertiary/aromatic N) is 2. The molecule has 0 unspecified atom stereocenters. The van der Waals surface area contributed by atoms with Crippen LogP contribution in [0.15, 0.2) is 0 Å². The van der Waals surface area contributed by atoms with Gasteiger partial charge in [0.15, 0.2) is 0 Å². The van der Waals surface area contributed by atoms with Crippen LogP contribution in [0.4, 0.5) is 0 Å². The maximum atomic E-state index is 11.6. The molecular formula is C21H44Cl2N2O4. The maximum absolute atomic E-state index is 11.6. The molecule has 0 saturated carbocycles. The Labute approximate surface area is 191 Å². The van der Waals surface area contributed by atoms with Crippen LogP contribution in [-0.4, -0.2) is 89.5 Å². The van der Waals surface area contributed by atoms with Crippen molar-refractivity contribution in [3.63, 3.8) is 0 Å². The number of esters is 2. The Kier molecular flexibility index (Phi) is 20.8. The Morgan fingerprint density at radius 2 is 0.828 bits per heavy atom. The smallest absolute Gasteiger partial charge is 0.305 e. The second-order valence-electron chi connectivity index (χ2n) is 9.44. The van der Waals surface area contributed by atoms with Gasteiger partial charge < -0.3 is 43.3 Å². The standard InChI is InChI=1S/C21H44N2O4.2ClH/c1-22(2,3)16-18-26-20(24)14-12-10-8-7-9-11-13-15-21(25)27-19-17-23(4,5)6;;/h7-19H2,1-6H3;2*1H/q+2;;/p-2. The molecule has 0 aliphatic carbocycles. The maximum Gasteiger partial charge on any atom is 0.305 e. The minimum atomic E-state index is -0.0766. The zero-order valence-electron chi connectivity index (χ0n) is 19.5. The molecule has 0 heterocycles. The molecule has 0 amide bonds. The number of likely N-dealkylation sites (N-methyl/N-ethyl adjacent to an activating group) is 2. The molecule has 0 saturated heterocycles. The molecule has 8 heteroatoms. The van der Waals surface area contributed by atoms with Gasteiger partial charge in [0.1, 0.15) is 26.3 Å². The molecule has 0 atom stereocenters. The van der Waals surface area contributed by atoms with Crippen LogP contribution in [0.5, 0.6) is 0 Å². The third-order valence-electron chi connectivity index (χ3n) is 4.31. The van der Waals surface area contributed by atoms with E-state index in [1.807, 2.05) is 0 Å². The number of carbonyl (C=O) groups is 2. The van der Waals surface area contributed by atoms with Crippen molar-refractivity contribution in [1.82, 2.24) is 0 Å². The Bertz CT molecular complexity index is 384. The summed E-state index contributed by atoms with van der Waals surface area (Å²) in [6.45, 7) is 2.68. The Balaban J connectivity index is -0.00000338. The van der Waals surface area contributed by atoms with Crippen molar-refractivity contribution in [3.8, 4) is 0 Å². The van der Waals surface area contributed by atoms with E-state index < -0.39 is 0 Å². The number of hydrogen-bond acceptors (Lipinski definition) is 4. The largest absolute Gasteiger partial charge is 1.00 e. The van der Waals surface area contributed by atoms with Crippen LogP contribution in [-0.2, 0) is 19.1 Å². The number of ether oxygens (including phenoxy) is 2. The van der Waals surface area contributed by atoms with Gasteiger partial charge >= 0.3 is 11.9 Å². The van der Waals surface area contributed by atoms with Gasteiger partial charge in [-0.3, -0.25) is 9.59 Å². The van der Waals surface area contributed by atoms with E-state index in [4.69, 9.17) is 9.47 Å². The van der Waals surface area contributed by atoms with Gasteiger partial charge in [-0.1, -0.05) is 32.1 Å². The van der Waals surface area contributed by atoms with Crippen LogP contribution >= 0.6 is 0 Å². The number of quaternary nitrogens is 2. The summed E-state index contributed by atoms with van der Waals surface area (Å²) >= 11 is 0. The van der Waals surface area contributed by atoms with E-state index in [1.54, 1.807) is 0 Å². The molecule has 0 aromatic carbocycles. The van der Waals surface area contributed by atoms with Gasteiger partial charge in [-0.25, -0.2) is 0 Å². The second-order valence-corrected chi connectivity index (χ2v) is 9.44. The van der Waals surface area contributed by atoms with Crippen LogP contribution in [0.3, 0.4) is 0 Å². The number of halogens is 2. The molecule has 6 nitrogen and oxygen atoms in total. The first-order valence-corrected chi connectivity index (χ1v) is 10.4. The zero-order valence-corrected chi connectivity index (χ0v) is 21.0. The first kappa shape index (κ1) is 33.1. The van der Waals surface area contributed by atoms with E-state index in [0.29, 0.717) is 26.1 Å². The summed E-state index contributed by atoms with van der Waals surface area (Å²) in [5.74, 6) is -0.153. The third kappa shape index (κ3) is 27.4. The molecule has 176 valence electrons. The summed E-state index contributed by atoms with van der Waals surface area (Å²) in [5.41, 5.74) is 0. The first-order chi connectivity index (χ1) is 12.5. The van der Waals surface area contributed by atoms with E-state index in [-0.39, 0.29) is 36.8 Å². The summed E-state index contributed by atoms with van der Waals surface area (Å²) in [5, 5.41) is 0. The van der Waals surface area contributed by atoms with E-state index in [2.05, 4.69) is 42.3 Å². The van der Waals surface area contributed by atoms with Gasteiger partial charge in [0.05, 0.1) is 42.3 Å². The van der Waals surface area contributed by atoms with Crippen LogP contribution in [0.2, 0.25) is 0 Å². The van der Waals surface area contributed by atoms with Crippen LogP contribution in [0.25, 0.3) is 0 Å². The molecule has 0 spiro atoms. The highest BCUT2D eigenvalue weighted by molar-refractivity contribution is 5.69. The average Bonchev–Trinajstić information content (AvgIpc) is 2.50. The fourth-order valence-electron chi connectivity index (χ4n) is 2.43. The molecule has 0 bridgehead atoms. The molecule has 0 aromatic rings. The molecule has 0 rings (SSSR count). The highest BCUT2D eigenvalue weighted by Crippen LogP contribution is 2.10. The normalized spacial score (nSPS) is 11.2. The average molecular weight is 459 g/mol. The summed E-state index contributed by atoms with van der Waals surface area (Å²) < 4.78 is 12.1. The quantitative estimate of drug-likeness (QED) is 0.140. The molecule has 0 fully saturated rings. The first-order valence-electron chi connectivity index (χ1n) is 10.4. The number of unbranched alkanes of at least 4 members (excludes halogenated alkanes) is 6. The number of rotatable bonds is 16. The molecule has 0 aromatic heterocycles. The van der Waals surface area contributed by atoms with Crippen molar-refractivity contribution < 1.29 is 52.8 Å². The Hall–Kier alpha value is -0.560. The highest BCUT2D eigenvalue weighted by Gasteiger charge is 2.10. The lowest BCUT2D eigenvalue weighted by molar-refractivity contribution is -0.870. The minimum absolute atomic E-state index is 0. The Morgan fingerprint density at radius 3 is 1.10 bits per heavy atom. The lowest BCUT2D eigenvalue weighted by atomic mass is 10.1. The van der Waals surface area contributed by atoms with Crippen molar-refractivity contribution in [1.29, 1.82) is 0 Å². The number of hydrogen-bond donors (Lipinski definition) is 0. The van der Waals surface area contributed by atoms with Crippen molar-refractivity contribution in [3.05, 3.63) is 0 Å². The minimum Gasteiger partial charge on any atom is -1.00 e. The molecule has 29 heavy (non-hydrogen) atoms. The van der Waals surface area contributed by atoms with E-state index in [9.17, 15) is 9.59 Å². The van der Waals surface area contributed by atoms with Crippen LogP contribution < -0.4 is 24.8 Å². The molecule has 0 aliphatic heterocycles. The summed E-state index contributed by atoms with van der Waals surface area (Å²) in [4.78, 5) is 23.2.